The van der Waals surface area contributed by atoms with Crippen LogP contribution in [-0.2, 0) is 21.1 Å². The Morgan fingerprint density at radius 2 is 2.04 bits per heavy atom. The molecule has 0 spiro atoms. The summed E-state index contributed by atoms with van der Waals surface area (Å²) in [6, 6.07) is 7.80. The van der Waals surface area contributed by atoms with Crippen LogP contribution in [0.15, 0.2) is 24.3 Å². The lowest BCUT2D eigenvalue weighted by Crippen LogP contribution is -2.53. The molecule has 1 amide bonds. The van der Waals surface area contributed by atoms with Crippen LogP contribution < -0.4 is 16.2 Å². The van der Waals surface area contributed by atoms with Crippen molar-refractivity contribution >= 4 is 21.4 Å². The Hall–Kier alpha value is -1.64. The zero-order valence-electron chi connectivity index (χ0n) is 13.5. The summed E-state index contributed by atoms with van der Waals surface area (Å²) < 4.78 is 23.9. The lowest BCUT2D eigenvalue weighted by atomic mass is 9.93. The molecule has 24 heavy (non-hydrogen) atoms. The normalized spacial score (nSPS) is 32.1. The largest absolute Gasteiger partial charge is 0.373 e. The number of rotatable bonds is 2. The predicted octanol–water partition coefficient (Wildman–Crippen LogP) is -0.281. The van der Waals surface area contributed by atoms with Crippen LogP contribution in [0.1, 0.15) is 12.0 Å². The van der Waals surface area contributed by atoms with Crippen molar-refractivity contribution in [2.75, 3.05) is 24.7 Å². The molecule has 4 atom stereocenters. The number of hydrogen-bond donors (Lipinski definition) is 3. The van der Waals surface area contributed by atoms with Crippen molar-refractivity contribution < 1.29 is 13.2 Å². The number of para-hydroxylation sites is 1. The van der Waals surface area contributed by atoms with Crippen LogP contribution in [0.5, 0.6) is 0 Å². The lowest BCUT2D eigenvalue weighted by Gasteiger charge is -2.36. The summed E-state index contributed by atoms with van der Waals surface area (Å²) in [6.07, 6.45) is 2.69. The number of benzene rings is 1. The highest BCUT2D eigenvalue weighted by atomic mass is 32.2. The van der Waals surface area contributed by atoms with Crippen molar-refractivity contribution in [1.82, 2.24) is 15.8 Å². The highest BCUT2D eigenvalue weighted by Crippen LogP contribution is 2.30. The van der Waals surface area contributed by atoms with Gasteiger partial charge in [0, 0.05) is 43.4 Å². The molecule has 1 aromatic rings. The second kappa shape index (κ2) is 5.72. The van der Waals surface area contributed by atoms with Crippen molar-refractivity contribution in [3.63, 3.8) is 0 Å². The molecule has 3 aliphatic heterocycles. The van der Waals surface area contributed by atoms with E-state index in [-0.39, 0.29) is 23.9 Å². The van der Waals surface area contributed by atoms with Gasteiger partial charge in [0.05, 0.1) is 0 Å². The van der Waals surface area contributed by atoms with Crippen LogP contribution in [-0.4, -0.2) is 56.0 Å². The van der Waals surface area contributed by atoms with Gasteiger partial charge in [-0.25, -0.2) is 13.8 Å². The Morgan fingerprint density at radius 1 is 1.25 bits per heavy atom. The van der Waals surface area contributed by atoms with Gasteiger partial charge in [-0.15, -0.1) is 0 Å². The van der Waals surface area contributed by atoms with E-state index in [1.165, 1.54) is 6.26 Å². The molecule has 3 heterocycles. The summed E-state index contributed by atoms with van der Waals surface area (Å²) in [5.41, 5.74) is 8.14. The number of hydrazine groups is 1. The standard InChI is InChI=1S/C16H22N4O3S/c1-24(22,23)15-11-9-20(7-6-13(11)18-19-15)16(21)14-8-10-4-2-3-5-12(10)17-14/h2-5,11,13-15,17-19H,6-9H2,1H3. The van der Waals surface area contributed by atoms with E-state index in [1.54, 1.807) is 0 Å². The number of likely N-dealkylation sites (tertiary alicyclic amines) is 1. The van der Waals surface area contributed by atoms with Crippen molar-refractivity contribution in [2.45, 2.75) is 30.3 Å². The summed E-state index contributed by atoms with van der Waals surface area (Å²) in [4.78, 5) is 14.7. The number of carbonyl (C=O) groups excluding carboxylic acids is 1. The van der Waals surface area contributed by atoms with E-state index < -0.39 is 15.2 Å². The van der Waals surface area contributed by atoms with Crippen LogP contribution in [0.3, 0.4) is 0 Å². The first-order chi connectivity index (χ1) is 11.4. The van der Waals surface area contributed by atoms with Crippen molar-refractivity contribution in [1.29, 1.82) is 0 Å². The minimum Gasteiger partial charge on any atom is -0.373 e. The Labute approximate surface area is 141 Å². The van der Waals surface area contributed by atoms with E-state index in [9.17, 15) is 13.2 Å². The molecule has 4 rings (SSSR count). The van der Waals surface area contributed by atoms with Gasteiger partial charge in [0.15, 0.2) is 9.84 Å². The van der Waals surface area contributed by atoms with E-state index in [0.717, 1.165) is 17.7 Å². The number of sulfone groups is 1. The van der Waals surface area contributed by atoms with Crippen LogP contribution in [0.4, 0.5) is 5.69 Å². The van der Waals surface area contributed by atoms with Gasteiger partial charge in [0.2, 0.25) is 5.91 Å². The van der Waals surface area contributed by atoms with E-state index in [0.29, 0.717) is 19.5 Å². The van der Waals surface area contributed by atoms with Gasteiger partial charge in [-0.05, 0) is 18.1 Å². The van der Waals surface area contributed by atoms with E-state index >= 15 is 0 Å². The van der Waals surface area contributed by atoms with Gasteiger partial charge in [0.1, 0.15) is 11.4 Å². The Bertz CT molecular complexity index is 741. The second-order valence-electron chi connectivity index (χ2n) is 6.94. The highest BCUT2D eigenvalue weighted by Gasteiger charge is 2.46. The Balaban J connectivity index is 1.47. The molecule has 3 N–H and O–H groups in total. The first-order valence-corrected chi connectivity index (χ1v) is 10.2. The molecule has 0 aliphatic carbocycles. The third kappa shape index (κ3) is 2.68. The summed E-state index contributed by atoms with van der Waals surface area (Å²) >= 11 is 0. The van der Waals surface area contributed by atoms with Crippen LogP contribution in [0, 0.1) is 5.92 Å². The van der Waals surface area contributed by atoms with Crippen LogP contribution >= 0.6 is 0 Å². The fourth-order valence-electron chi connectivity index (χ4n) is 4.06. The quantitative estimate of drug-likeness (QED) is 0.680. The van der Waals surface area contributed by atoms with Crippen LogP contribution in [0.25, 0.3) is 0 Å². The fraction of sp³-hybridized carbons (Fsp3) is 0.562. The lowest BCUT2D eigenvalue weighted by molar-refractivity contribution is -0.133. The predicted molar refractivity (Wildman–Crippen MR) is 90.9 cm³/mol. The van der Waals surface area contributed by atoms with Crippen molar-refractivity contribution in [2.24, 2.45) is 5.92 Å². The zero-order valence-corrected chi connectivity index (χ0v) is 14.3. The molecule has 7 nitrogen and oxygen atoms in total. The molecule has 0 saturated carbocycles. The SMILES string of the molecule is CS(=O)(=O)C1NNC2CCN(C(=O)C3Cc4ccccc4N3)CC21. The monoisotopic (exact) mass is 350 g/mol. The van der Waals surface area contributed by atoms with Gasteiger partial charge in [0.25, 0.3) is 0 Å². The van der Waals surface area contributed by atoms with E-state index in [4.69, 9.17) is 0 Å². The minimum atomic E-state index is -3.21. The van der Waals surface area contributed by atoms with Gasteiger partial charge in [-0.2, -0.15) is 0 Å². The van der Waals surface area contributed by atoms with Crippen LogP contribution in [0.2, 0.25) is 0 Å². The van der Waals surface area contributed by atoms with Gasteiger partial charge >= 0.3 is 0 Å². The smallest absolute Gasteiger partial charge is 0.245 e. The first kappa shape index (κ1) is 15.9. The molecule has 2 fully saturated rings. The average Bonchev–Trinajstić information content (AvgIpc) is 3.16. The van der Waals surface area contributed by atoms with Crippen molar-refractivity contribution in [3.8, 4) is 0 Å². The maximum atomic E-state index is 12.9. The number of nitrogens with one attached hydrogen (secondary N) is 3. The topological polar surface area (TPSA) is 90.5 Å². The molecule has 0 aromatic heterocycles. The molecule has 8 heteroatoms. The molecule has 0 bridgehead atoms. The Kier molecular flexibility index (Phi) is 3.78. The summed E-state index contributed by atoms with van der Waals surface area (Å²) in [5, 5.41) is 2.66. The van der Waals surface area contributed by atoms with E-state index in [2.05, 4.69) is 16.2 Å². The molecule has 2 saturated heterocycles. The molecular weight excluding hydrogens is 328 g/mol. The molecule has 0 radical (unpaired) electrons. The summed E-state index contributed by atoms with van der Waals surface area (Å²) in [5.74, 6) is -0.0507. The number of amides is 1. The third-order valence-electron chi connectivity index (χ3n) is 5.30. The third-order valence-corrected chi connectivity index (χ3v) is 6.69. The number of piperidine rings is 1. The summed E-state index contributed by atoms with van der Waals surface area (Å²) in [6.45, 7) is 1.12. The number of fused-ring (bicyclic) bond motifs is 2. The maximum Gasteiger partial charge on any atom is 0.245 e. The van der Waals surface area contributed by atoms with Gasteiger partial charge in [-0.3, -0.25) is 10.2 Å². The molecule has 3 aliphatic rings. The number of nitrogens with zero attached hydrogens (tertiary/aromatic N) is 1. The van der Waals surface area contributed by atoms with E-state index in [1.807, 2.05) is 29.2 Å². The molecule has 1 aromatic carbocycles. The highest BCUT2D eigenvalue weighted by molar-refractivity contribution is 7.91. The second-order valence-corrected chi connectivity index (χ2v) is 9.11. The van der Waals surface area contributed by atoms with Gasteiger partial charge < -0.3 is 10.2 Å². The molecule has 4 unspecified atom stereocenters. The number of anilines is 1. The number of carbonyl (C=O) groups is 1. The molecular formula is C16H22N4O3S. The molecule has 130 valence electrons. The first-order valence-electron chi connectivity index (χ1n) is 8.26. The zero-order chi connectivity index (χ0) is 16.9. The number of hydrogen-bond acceptors (Lipinski definition) is 6. The van der Waals surface area contributed by atoms with Gasteiger partial charge in [-0.1, -0.05) is 18.2 Å². The average molecular weight is 350 g/mol. The minimum absolute atomic E-state index is 0.0591. The fourth-order valence-corrected chi connectivity index (χ4v) is 5.25. The Morgan fingerprint density at radius 3 is 2.79 bits per heavy atom. The summed E-state index contributed by atoms with van der Waals surface area (Å²) in [7, 11) is -3.21. The van der Waals surface area contributed by atoms with Crippen molar-refractivity contribution in [3.05, 3.63) is 29.8 Å². The maximum absolute atomic E-state index is 12.9.